The van der Waals surface area contributed by atoms with Gasteiger partial charge in [-0.25, -0.2) is 9.68 Å². The van der Waals surface area contributed by atoms with Crippen molar-refractivity contribution in [3.05, 3.63) is 112 Å². The third-order valence-electron chi connectivity index (χ3n) is 9.82. The van der Waals surface area contributed by atoms with E-state index in [9.17, 15) is 20.1 Å². The highest BCUT2D eigenvalue weighted by Gasteiger charge is 2.81. The van der Waals surface area contributed by atoms with Gasteiger partial charge in [-0.05, 0) is 54.6 Å². The zero-order valence-corrected chi connectivity index (χ0v) is 26.4. The Labute approximate surface area is 271 Å². The Kier molecular flexibility index (Phi) is 5.81. The molecule has 0 saturated carbocycles. The van der Waals surface area contributed by atoms with Crippen molar-refractivity contribution in [2.45, 2.75) is 51.6 Å². The molecular weight excluding hydrogens is 600 g/mol. The first-order valence-electron chi connectivity index (χ1n) is 15.3. The monoisotopic (exact) mass is 632 g/mol. The van der Waals surface area contributed by atoms with Gasteiger partial charge in [0, 0.05) is 56.3 Å². The molecule has 1 spiro atoms. The molecule has 2 atom stereocenters. The maximum atomic E-state index is 13.5. The molecule has 0 amide bonds. The van der Waals surface area contributed by atoms with Gasteiger partial charge in [0.25, 0.3) is 5.79 Å². The summed E-state index contributed by atoms with van der Waals surface area (Å²) >= 11 is 0. The van der Waals surface area contributed by atoms with E-state index >= 15 is 0 Å². The van der Waals surface area contributed by atoms with Gasteiger partial charge in [0.05, 0.1) is 12.2 Å². The minimum atomic E-state index is -1.36. The van der Waals surface area contributed by atoms with Crippen LogP contribution in [-0.2, 0) is 30.6 Å². The van der Waals surface area contributed by atoms with Crippen LogP contribution in [-0.4, -0.2) is 33.5 Å². The molecule has 0 aliphatic carbocycles. The summed E-state index contributed by atoms with van der Waals surface area (Å²) in [4.78, 5) is 25.2. The number of ether oxygens (including phenoxy) is 3. The third kappa shape index (κ3) is 3.75. The maximum absolute atomic E-state index is 13.5. The fourth-order valence-corrected chi connectivity index (χ4v) is 8.04. The van der Waals surface area contributed by atoms with E-state index in [2.05, 4.69) is 46.5 Å². The molecule has 9 heteroatoms. The predicted molar refractivity (Wildman–Crippen MR) is 168 cm³/mol. The summed E-state index contributed by atoms with van der Waals surface area (Å²) < 4.78 is 18.5. The van der Waals surface area contributed by atoms with Gasteiger partial charge < -0.3 is 29.5 Å². The van der Waals surface area contributed by atoms with Crippen molar-refractivity contribution in [3.63, 3.8) is 0 Å². The highest BCUT2D eigenvalue weighted by Crippen LogP contribution is 2.69. The summed E-state index contributed by atoms with van der Waals surface area (Å²) in [7, 11) is 0. The minimum absolute atomic E-state index is 0.00110. The van der Waals surface area contributed by atoms with Crippen LogP contribution in [0.15, 0.2) is 72.8 Å². The Balaban J connectivity index is 1.20. The number of carbonyl (C=O) groups excluding carboxylic acids is 1. The Hall–Kier alpha value is -5.01. The quantitative estimate of drug-likeness (QED) is 0.119. The second-order valence-electron chi connectivity index (χ2n) is 14.2. The molecule has 4 aromatic carbocycles. The van der Waals surface area contributed by atoms with Crippen LogP contribution in [0.3, 0.4) is 0 Å². The van der Waals surface area contributed by atoms with Crippen molar-refractivity contribution in [3.8, 4) is 40.6 Å². The number of esters is 1. The average Bonchev–Trinajstić information content (AvgIpc) is 3.35. The number of benzene rings is 4. The molecule has 238 valence electrons. The first-order chi connectivity index (χ1) is 22.2. The van der Waals surface area contributed by atoms with E-state index in [0.717, 1.165) is 0 Å². The van der Waals surface area contributed by atoms with Gasteiger partial charge >= 0.3 is 5.97 Å². The molecule has 0 bridgehead atoms. The lowest BCUT2D eigenvalue weighted by atomic mass is 9.57. The molecule has 0 radical (unpaired) electrons. The van der Waals surface area contributed by atoms with E-state index in [1.54, 1.807) is 42.5 Å². The lowest BCUT2D eigenvalue weighted by Crippen LogP contribution is -2.73. The molecule has 4 aromatic rings. The Bertz CT molecular complexity index is 2040. The lowest BCUT2D eigenvalue weighted by molar-refractivity contribution is -0.626. The van der Waals surface area contributed by atoms with Crippen molar-refractivity contribution in [2.24, 2.45) is 10.8 Å². The Morgan fingerprint density at radius 2 is 1.36 bits per heavy atom. The van der Waals surface area contributed by atoms with Gasteiger partial charge in [-0.1, -0.05) is 52.5 Å². The third-order valence-corrected chi connectivity index (χ3v) is 9.82. The largest absolute Gasteiger partial charge is 0.508 e. The number of fused-ring (bicyclic) bond motifs is 7. The van der Waals surface area contributed by atoms with Gasteiger partial charge in [0.15, 0.2) is 11.2 Å². The lowest BCUT2D eigenvalue weighted by Gasteiger charge is -2.61. The van der Waals surface area contributed by atoms with Crippen LogP contribution < -0.4 is 4.74 Å². The highest BCUT2D eigenvalue weighted by atomic mass is 17.3. The van der Waals surface area contributed by atoms with Crippen molar-refractivity contribution < 1.29 is 44.1 Å². The summed E-state index contributed by atoms with van der Waals surface area (Å²) in [5.41, 5.74) is 0.717. The smallest absolute Gasteiger partial charge is 0.340 e. The van der Waals surface area contributed by atoms with E-state index in [4.69, 9.17) is 24.0 Å². The second kappa shape index (κ2) is 9.29. The summed E-state index contributed by atoms with van der Waals surface area (Å²) in [5, 5.41) is 31.1. The number of carbonyl (C=O) groups is 1. The number of rotatable bonds is 1. The summed E-state index contributed by atoms with van der Waals surface area (Å²) in [6.45, 7) is 10.8. The number of phenolic OH excluding ortho intramolecular Hbond substituents is 3. The molecular formula is C38H32O9. The maximum Gasteiger partial charge on any atom is 0.340 e. The number of hydrogen-bond acceptors (Lipinski definition) is 9. The van der Waals surface area contributed by atoms with Crippen molar-refractivity contribution in [1.82, 2.24) is 0 Å². The molecule has 3 N–H and O–H groups in total. The van der Waals surface area contributed by atoms with Crippen LogP contribution >= 0.6 is 0 Å². The summed E-state index contributed by atoms with van der Waals surface area (Å²) in [6.07, 6.45) is 0. The molecule has 2 unspecified atom stereocenters. The van der Waals surface area contributed by atoms with Crippen molar-refractivity contribution in [2.75, 3.05) is 6.61 Å². The van der Waals surface area contributed by atoms with Crippen LogP contribution in [0.25, 0.3) is 0 Å². The minimum Gasteiger partial charge on any atom is -0.508 e. The molecule has 4 heterocycles. The number of hydrogen-bond donors (Lipinski definition) is 3. The highest BCUT2D eigenvalue weighted by molar-refractivity contribution is 5.97. The molecule has 2 saturated heterocycles. The predicted octanol–water partition coefficient (Wildman–Crippen LogP) is 6.73. The molecule has 4 aliphatic rings. The van der Waals surface area contributed by atoms with Gasteiger partial charge in [-0.3, -0.25) is 0 Å². The zero-order valence-electron chi connectivity index (χ0n) is 26.4. The molecule has 2 fully saturated rings. The normalized spacial score (nSPS) is 24.1. The van der Waals surface area contributed by atoms with Gasteiger partial charge in [-0.15, -0.1) is 0 Å². The van der Waals surface area contributed by atoms with Crippen LogP contribution in [0.4, 0.5) is 0 Å². The Morgan fingerprint density at radius 1 is 0.723 bits per heavy atom. The van der Waals surface area contributed by atoms with E-state index in [-0.39, 0.29) is 28.1 Å². The van der Waals surface area contributed by atoms with Crippen molar-refractivity contribution >= 4 is 5.97 Å². The van der Waals surface area contributed by atoms with Crippen LogP contribution in [0.1, 0.15) is 78.4 Å². The van der Waals surface area contributed by atoms with Crippen LogP contribution in [0, 0.1) is 22.7 Å². The number of aromatic hydroxyl groups is 3. The second-order valence-corrected chi connectivity index (χ2v) is 14.2. The fraction of sp³-hybridized carbons (Fsp3) is 0.289. The molecule has 8 rings (SSSR count). The standard InChI is InChI=1S/C38H32O9/c1-34(2,3)38-35(4,5)20-43-37(38,46-47-38)23-14-22(15-26(41)17-23)7-6-21-8-11-28-27(16-21)33(42)45-36(28)29-12-9-24(39)18-31(29)44-32-19-25(40)10-13-30(32)36/h8-19,39-41H,20H2,1-5H3. The number of phenols is 3. The van der Waals surface area contributed by atoms with Gasteiger partial charge in [0.1, 0.15) is 28.7 Å². The van der Waals surface area contributed by atoms with Crippen molar-refractivity contribution in [1.29, 1.82) is 0 Å². The molecule has 47 heavy (non-hydrogen) atoms. The molecule has 0 aromatic heterocycles. The zero-order chi connectivity index (χ0) is 33.1. The Morgan fingerprint density at radius 3 is 1.98 bits per heavy atom. The average molecular weight is 633 g/mol. The van der Waals surface area contributed by atoms with E-state index in [0.29, 0.717) is 57.1 Å². The van der Waals surface area contributed by atoms with E-state index < -0.39 is 23.0 Å². The van der Waals surface area contributed by atoms with Crippen LogP contribution in [0.2, 0.25) is 0 Å². The van der Waals surface area contributed by atoms with Gasteiger partial charge in [-0.2, -0.15) is 4.89 Å². The molecule has 4 aliphatic heterocycles. The first kappa shape index (κ1) is 29.4. The molecule has 9 nitrogen and oxygen atoms in total. The SMILES string of the molecule is CC(C)(C)C12OOC1(c1cc(O)cc(C#Cc3ccc4c(c3)C(=O)OC43c4ccc(O)cc4Oc4cc(O)ccc43)c1)OCC2(C)C. The van der Waals surface area contributed by atoms with Crippen LogP contribution in [0.5, 0.6) is 28.7 Å². The topological polar surface area (TPSA) is 124 Å². The van der Waals surface area contributed by atoms with E-state index in [1.807, 2.05) is 6.07 Å². The summed E-state index contributed by atoms with van der Waals surface area (Å²) in [6, 6.07) is 19.5. The fourth-order valence-electron chi connectivity index (χ4n) is 8.04. The summed E-state index contributed by atoms with van der Waals surface area (Å²) in [5.74, 6) is 5.05. The van der Waals surface area contributed by atoms with Gasteiger partial charge in [0.2, 0.25) is 0 Å². The van der Waals surface area contributed by atoms with E-state index in [1.165, 1.54) is 24.3 Å². The first-order valence-corrected chi connectivity index (χ1v) is 15.3.